The van der Waals surface area contributed by atoms with Crippen LogP contribution < -0.4 is 11.1 Å². The highest BCUT2D eigenvalue weighted by Gasteiger charge is 2.08. The van der Waals surface area contributed by atoms with Crippen molar-refractivity contribution in [3.63, 3.8) is 0 Å². The summed E-state index contributed by atoms with van der Waals surface area (Å²) in [6, 6.07) is 10.1. The Morgan fingerprint density at radius 2 is 2.00 bits per heavy atom. The summed E-state index contributed by atoms with van der Waals surface area (Å²) in [5, 5.41) is 3.25. The molecule has 104 valence electrons. The van der Waals surface area contributed by atoms with Crippen LogP contribution in [0.15, 0.2) is 36.4 Å². The Labute approximate surface area is 117 Å². The highest BCUT2D eigenvalue weighted by atomic mass is 19.1. The highest BCUT2D eigenvalue weighted by Crippen LogP contribution is 2.20. The fourth-order valence-corrected chi connectivity index (χ4v) is 2.14. The fourth-order valence-electron chi connectivity index (χ4n) is 2.14. The second kappa shape index (κ2) is 5.74. The lowest BCUT2D eigenvalue weighted by Crippen LogP contribution is -2.14. The number of anilines is 1. The number of halogens is 1. The van der Waals surface area contributed by atoms with Crippen molar-refractivity contribution >= 4 is 11.6 Å². The lowest BCUT2D eigenvalue weighted by molar-refractivity contribution is 0.1000. The Morgan fingerprint density at radius 1 is 1.25 bits per heavy atom. The molecule has 2 aromatic carbocycles. The van der Waals surface area contributed by atoms with Crippen LogP contribution in [-0.4, -0.2) is 5.91 Å². The van der Waals surface area contributed by atoms with Gasteiger partial charge in [-0.05, 0) is 54.8 Å². The molecule has 0 aliphatic heterocycles. The van der Waals surface area contributed by atoms with Crippen LogP contribution >= 0.6 is 0 Å². The van der Waals surface area contributed by atoms with E-state index in [1.807, 2.05) is 19.9 Å². The molecule has 0 atom stereocenters. The Hall–Kier alpha value is -2.36. The number of rotatable bonds is 4. The predicted octanol–water partition coefficient (Wildman–Crippen LogP) is 3.15. The zero-order valence-electron chi connectivity index (χ0n) is 11.5. The van der Waals surface area contributed by atoms with E-state index in [1.54, 1.807) is 18.2 Å². The molecule has 0 aliphatic rings. The quantitative estimate of drug-likeness (QED) is 0.898. The number of aryl methyl sites for hydroxylation is 1. The van der Waals surface area contributed by atoms with Crippen LogP contribution in [0.3, 0.4) is 0 Å². The summed E-state index contributed by atoms with van der Waals surface area (Å²) in [5.41, 5.74) is 9.40. The van der Waals surface area contributed by atoms with Crippen molar-refractivity contribution in [1.82, 2.24) is 0 Å². The van der Waals surface area contributed by atoms with Gasteiger partial charge in [0.1, 0.15) is 5.82 Å². The minimum atomic E-state index is -0.441. The molecule has 1 amide bonds. The van der Waals surface area contributed by atoms with Crippen LogP contribution in [-0.2, 0) is 6.54 Å². The Kier molecular flexibility index (Phi) is 4.03. The fraction of sp³-hybridized carbons (Fsp3) is 0.188. The summed E-state index contributed by atoms with van der Waals surface area (Å²) in [6.45, 7) is 4.28. The Morgan fingerprint density at radius 3 is 2.65 bits per heavy atom. The molecular weight excluding hydrogens is 255 g/mol. The van der Waals surface area contributed by atoms with E-state index in [0.29, 0.717) is 12.1 Å². The summed E-state index contributed by atoms with van der Waals surface area (Å²) in [5.74, 6) is -0.678. The van der Waals surface area contributed by atoms with Crippen molar-refractivity contribution in [2.75, 3.05) is 5.32 Å². The SMILES string of the molecule is Cc1cc(F)ccc1CNc1cccc(C(N)=O)c1C. The molecule has 0 radical (unpaired) electrons. The van der Waals surface area contributed by atoms with Gasteiger partial charge in [-0.25, -0.2) is 4.39 Å². The maximum atomic E-state index is 13.0. The third-order valence-corrected chi connectivity index (χ3v) is 3.37. The van der Waals surface area contributed by atoms with E-state index < -0.39 is 5.91 Å². The molecule has 2 rings (SSSR count). The first-order chi connectivity index (χ1) is 9.49. The molecule has 0 heterocycles. The number of benzene rings is 2. The van der Waals surface area contributed by atoms with Crippen molar-refractivity contribution in [2.24, 2.45) is 5.73 Å². The number of hydrogen-bond acceptors (Lipinski definition) is 2. The molecule has 0 aliphatic carbocycles. The summed E-state index contributed by atoms with van der Waals surface area (Å²) in [6.07, 6.45) is 0. The number of carbonyl (C=O) groups excluding carboxylic acids is 1. The number of hydrogen-bond donors (Lipinski definition) is 2. The second-order valence-corrected chi connectivity index (χ2v) is 4.77. The monoisotopic (exact) mass is 272 g/mol. The molecule has 0 aromatic heterocycles. The second-order valence-electron chi connectivity index (χ2n) is 4.77. The number of nitrogens with one attached hydrogen (secondary N) is 1. The summed E-state index contributed by atoms with van der Waals surface area (Å²) < 4.78 is 13.0. The van der Waals surface area contributed by atoms with Crippen LogP contribution in [0.4, 0.5) is 10.1 Å². The van der Waals surface area contributed by atoms with Gasteiger partial charge >= 0.3 is 0 Å². The van der Waals surface area contributed by atoms with Gasteiger partial charge in [-0.2, -0.15) is 0 Å². The highest BCUT2D eigenvalue weighted by molar-refractivity contribution is 5.95. The lowest BCUT2D eigenvalue weighted by atomic mass is 10.1. The van der Waals surface area contributed by atoms with E-state index in [9.17, 15) is 9.18 Å². The molecule has 0 saturated carbocycles. The normalized spacial score (nSPS) is 10.3. The van der Waals surface area contributed by atoms with Crippen LogP contribution in [0.5, 0.6) is 0 Å². The first-order valence-corrected chi connectivity index (χ1v) is 6.37. The van der Waals surface area contributed by atoms with E-state index in [2.05, 4.69) is 5.32 Å². The summed E-state index contributed by atoms with van der Waals surface area (Å²) in [7, 11) is 0. The molecule has 0 unspecified atom stereocenters. The van der Waals surface area contributed by atoms with Gasteiger partial charge in [0.2, 0.25) is 5.91 Å². The van der Waals surface area contributed by atoms with Gasteiger partial charge in [-0.1, -0.05) is 12.1 Å². The third-order valence-electron chi connectivity index (χ3n) is 3.37. The summed E-state index contributed by atoms with van der Waals surface area (Å²) in [4.78, 5) is 11.3. The Bertz CT molecular complexity index is 653. The number of nitrogens with two attached hydrogens (primary N) is 1. The first kappa shape index (κ1) is 14.1. The summed E-state index contributed by atoms with van der Waals surface area (Å²) >= 11 is 0. The van der Waals surface area contributed by atoms with Gasteiger partial charge in [-0.15, -0.1) is 0 Å². The zero-order chi connectivity index (χ0) is 14.7. The van der Waals surface area contributed by atoms with E-state index >= 15 is 0 Å². The number of carbonyl (C=O) groups is 1. The van der Waals surface area contributed by atoms with Crippen LogP contribution in [0, 0.1) is 19.7 Å². The minimum absolute atomic E-state index is 0.238. The number of primary amides is 1. The lowest BCUT2D eigenvalue weighted by Gasteiger charge is -2.13. The van der Waals surface area contributed by atoms with Crippen molar-refractivity contribution in [3.05, 3.63) is 64.5 Å². The maximum absolute atomic E-state index is 13.0. The van der Waals surface area contributed by atoms with Crippen molar-refractivity contribution < 1.29 is 9.18 Å². The molecule has 0 saturated heterocycles. The Balaban J connectivity index is 2.19. The average Bonchev–Trinajstić information content (AvgIpc) is 2.39. The smallest absolute Gasteiger partial charge is 0.249 e. The zero-order valence-corrected chi connectivity index (χ0v) is 11.5. The van der Waals surface area contributed by atoms with Gasteiger partial charge in [0, 0.05) is 17.8 Å². The molecule has 0 fully saturated rings. The van der Waals surface area contributed by atoms with E-state index in [1.165, 1.54) is 12.1 Å². The number of amides is 1. The minimum Gasteiger partial charge on any atom is -0.381 e. The van der Waals surface area contributed by atoms with Gasteiger partial charge in [-0.3, -0.25) is 4.79 Å². The van der Waals surface area contributed by atoms with E-state index in [4.69, 9.17) is 5.73 Å². The van der Waals surface area contributed by atoms with Gasteiger partial charge in [0.25, 0.3) is 0 Å². The van der Waals surface area contributed by atoms with E-state index in [0.717, 1.165) is 22.4 Å². The first-order valence-electron chi connectivity index (χ1n) is 6.37. The van der Waals surface area contributed by atoms with Crippen LogP contribution in [0.2, 0.25) is 0 Å². The van der Waals surface area contributed by atoms with Crippen molar-refractivity contribution in [3.8, 4) is 0 Å². The third kappa shape index (κ3) is 2.96. The molecule has 3 nitrogen and oxygen atoms in total. The standard InChI is InChI=1S/C16H17FN2O/c1-10-8-13(17)7-6-12(10)9-19-15-5-3-4-14(11(15)2)16(18)20/h3-8,19H,9H2,1-2H3,(H2,18,20). The predicted molar refractivity (Wildman–Crippen MR) is 78.2 cm³/mol. The topological polar surface area (TPSA) is 55.1 Å². The van der Waals surface area contributed by atoms with Crippen molar-refractivity contribution in [1.29, 1.82) is 0 Å². The molecule has 2 aromatic rings. The molecule has 3 N–H and O–H groups in total. The molecule has 0 bridgehead atoms. The van der Waals surface area contributed by atoms with Crippen LogP contribution in [0.25, 0.3) is 0 Å². The molecule has 20 heavy (non-hydrogen) atoms. The maximum Gasteiger partial charge on any atom is 0.249 e. The van der Waals surface area contributed by atoms with Gasteiger partial charge < -0.3 is 11.1 Å². The van der Waals surface area contributed by atoms with E-state index in [-0.39, 0.29) is 5.82 Å². The van der Waals surface area contributed by atoms with Gasteiger partial charge in [0.15, 0.2) is 0 Å². The molecule has 4 heteroatoms. The van der Waals surface area contributed by atoms with Crippen molar-refractivity contribution in [2.45, 2.75) is 20.4 Å². The van der Waals surface area contributed by atoms with Gasteiger partial charge in [0.05, 0.1) is 0 Å². The molecular formula is C16H17FN2O. The largest absolute Gasteiger partial charge is 0.381 e. The average molecular weight is 272 g/mol. The molecule has 0 spiro atoms. The van der Waals surface area contributed by atoms with Crippen LogP contribution in [0.1, 0.15) is 27.0 Å².